The van der Waals surface area contributed by atoms with Gasteiger partial charge in [-0.2, -0.15) is 0 Å². The van der Waals surface area contributed by atoms with E-state index in [2.05, 4.69) is 22.9 Å². The minimum absolute atomic E-state index is 0.250. The molecule has 2 heterocycles. The lowest BCUT2D eigenvalue weighted by Crippen LogP contribution is -2.55. The Balaban J connectivity index is 2.08. The third-order valence-corrected chi connectivity index (χ3v) is 4.91. The molecule has 20 heavy (non-hydrogen) atoms. The minimum Gasteiger partial charge on any atom is -0.364 e. The average molecular weight is 339 g/mol. The van der Waals surface area contributed by atoms with Crippen LogP contribution >= 0.6 is 15.9 Å². The maximum Gasteiger partial charge on any atom is 0.279 e. The number of piperidine rings is 1. The number of hydrogen-bond acceptors (Lipinski definition) is 3. The fourth-order valence-corrected chi connectivity index (χ4v) is 3.69. The first-order valence-corrected chi connectivity index (χ1v) is 7.79. The first-order chi connectivity index (χ1) is 9.44. The Morgan fingerprint density at radius 1 is 1.45 bits per heavy atom. The van der Waals surface area contributed by atoms with Gasteiger partial charge in [-0.05, 0) is 37.0 Å². The van der Waals surface area contributed by atoms with Crippen molar-refractivity contribution in [2.75, 3.05) is 25.0 Å². The Hall–Kier alpha value is -0.910. The van der Waals surface area contributed by atoms with Crippen LogP contribution in [0.1, 0.15) is 25.3 Å². The minimum atomic E-state index is -1.51. The van der Waals surface area contributed by atoms with E-state index in [9.17, 15) is 9.90 Å². The Bertz CT molecular complexity index is 563. The van der Waals surface area contributed by atoms with Gasteiger partial charge >= 0.3 is 0 Å². The van der Waals surface area contributed by atoms with E-state index in [1.54, 1.807) is 11.9 Å². The van der Waals surface area contributed by atoms with Gasteiger partial charge in [0.2, 0.25) is 5.72 Å². The number of hydrogen-bond donors (Lipinski definition) is 1. The molecule has 1 fully saturated rings. The van der Waals surface area contributed by atoms with Crippen LogP contribution in [0.15, 0.2) is 22.7 Å². The van der Waals surface area contributed by atoms with Crippen LogP contribution in [0.25, 0.3) is 0 Å². The second kappa shape index (κ2) is 4.83. The number of likely N-dealkylation sites (tertiary alicyclic amines) is 1. The normalized spacial score (nSPS) is 30.7. The third-order valence-electron chi connectivity index (χ3n) is 4.41. The van der Waals surface area contributed by atoms with Gasteiger partial charge in [0, 0.05) is 30.2 Å². The predicted octanol–water partition coefficient (Wildman–Crippen LogP) is 2.30. The molecule has 1 N–H and O–H groups in total. The highest BCUT2D eigenvalue weighted by atomic mass is 79.9. The van der Waals surface area contributed by atoms with Gasteiger partial charge in [-0.1, -0.05) is 22.9 Å². The topological polar surface area (TPSA) is 43.8 Å². The van der Waals surface area contributed by atoms with Gasteiger partial charge in [0.1, 0.15) is 0 Å². The first kappa shape index (κ1) is 14.0. The molecule has 2 aliphatic rings. The first-order valence-electron chi connectivity index (χ1n) is 7.00. The second-order valence-corrected chi connectivity index (χ2v) is 6.81. The monoisotopic (exact) mass is 338 g/mol. The molecule has 2 aliphatic heterocycles. The predicted molar refractivity (Wildman–Crippen MR) is 81.4 cm³/mol. The molecule has 1 saturated heterocycles. The SMILES string of the molecule is C[C@H]1CCCN([C@@]2(O)C(=O)N(C)c3ccc(Br)cc32)C1. The molecular weight excluding hydrogens is 320 g/mol. The van der Waals surface area contributed by atoms with Crippen molar-refractivity contribution in [3.63, 3.8) is 0 Å². The zero-order valence-electron chi connectivity index (χ0n) is 11.8. The van der Waals surface area contributed by atoms with Gasteiger partial charge in [0.25, 0.3) is 5.91 Å². The van der Waals surface area contributed by atoms with E-state index in [4.69, 9.17) is 0 Å². The zero-order chi connectivity index (χ0) is 14.5. The van der Waals surface area contributed by atoms with E-state index < -0.39 is 5.72 Å². The number of aliphatic hydroxyl groups is 1. The van der Waals surface area contributed by atoms with E-state index in [-0.39, 0.29) is 5.91 Å². The number of rotatable bonds is 1. The number of anilines is 1. The van der Waals surface area contributed by atoms with Crippen LogP contribution in [0, 0.1) is 5.92 Å². The lowest BCUT2D eigenvalue weighted by atomic mass is 9.94. The Morgan fingerprint density at radius 2 is 2.20 bits per heavy atom. The molecule has 4 nitrogen and oxygen atoms in total. The van der Waals surface area contributed by atoms with Gasteiger partial charge < -0.3 is 10.0 Å². The quantitative estimate of drug-likeness (QED) is 0.854. The number of benzene rings is 1. The van der Waals surface area contributed by atoms with Crippen molar-refractivity contribution >= 4 is 27.5 Å². The molecule has 1 amide bonds. The summed E-state index contributed by atoms with van der Waals surface area (Å²) >= 11 is 3.43. The van der Waals surface area contributed by atoms with Crippen molar-refractivity contribution in [2.45, 2.75) is 25.5 Å². The van der Waals surface area contributed by atoms with E-state index in [0.717, 1.165) is 36.1 Å². The summed E-state index contributed by atoms with van der Waals surface area (Å²) in [6, 6.07) is 5.63. The van der Waals surface area contributed by atoms with Crippen LogP contribution in [0.2, 0.25) is 0 Å². The van der Waals surface area contributed by atoms with Gasteiger partial charge in [-0.15, -0.1) is 0 Å². The highest BCUT2D eigenvalue weighted by Crippen LogP contribution is 2.44. The van der Waals surface area contributed by atoms with Crippen molar-refractivity contribution in [3.05, 3.63) is 28.2 Å². The third kappa shape index (κ3) is 1.91. The lowest BCUT2D eigenvalue weighted by Gasteiger charge is -2.40. The van der Waals surface area contributed by atoms with Crippen LogP contribution < -0.4 is 4.90 Å². The largest absolute Gasteiger partial charge is 0.364 e. The molecule has 5 heteroatoms. The highest BCUT2D eigenvalue weighted by Gasteiger charge is 2.53. The fourth-order valence-electron chi connectivity index (χ4n) is 3.33. The number of amides is 1. The number of likely N-dealkylation sites (N-methyl/N-ethyl adjacent to an activating group) is 1. The molecular formula is C15H19BrN2O2. The molecule has 1 aromatic rings. The molecule has 108 valence electrons. The number of nitrogens with zero attached hydrogens (tertiary/aromatic N) is 2. The fraction of sp³-hybridized carbons (Fsp3) is 0.533. The molecule has 1 aromatic carbocycles. The van der Waals surface area contributed by atoms with Gasteiger partial charge in [-0.3, -0.25) is 9.69 Å². The molecule has 0 saturated carbocycles. The van der Waals surface area contributed by atoms with Crippen molar-refractivity contribution in [3.8, 4) is 0 Å². The van der Waals surface area contributed by atoms with Crippen LogP contribution in [-0.4, -0.2) is 36.1 Å². The summed E-state index contributed by atoms with van der Waals surface area (Å²) in [5.74, 6) is 0.252. The van der Waals surface area contributed by atoms with Crippen molar-refractivity contribution in [1.82, 2.24) is 4.90 Å². The van der Waals surface area contributed by atoms with E-state index in [1.807, 2.05) is 23.1 Å². The summed E-state index contributed by atoms with van der Waals surface area (Å²) in [6.45, 7) is 3.68. The molecule has 0 radical (unpaired) electrons. The molecule has 0 aliphatic carbocycles. The number of halogens is 1. The molecule has 0 aromatic heterocycles. The summed E-state index contributed by atoms with van der Waals surface area (Å²) in [5, 5.41) is 11.2. The molecule has 0 unspecified atom stereocenters. The van der Waals surface area contributed by atoms with Crippen molar-refractivity contribution < 1.29 is 9.90 Å². The zero-order valence-corrected chi connectivity index (χ0v) is 13.4. The molecule has 0 spiro atoms. The van der Waals surface area contributed by atoms with Gasteiger partial charge in [0.15, 0.2) is 0 Å². The van der Waals surface area contributed by atoms with Gasteiger partial charge in [-0.25, -0.2) is 0 Å². The Kier molecular flexibility index (Phi) is 3.39. The summed E-state index contributed by atoms with van der Waals surface area (Å²) < 4.78 is 0.878. The van der Waals surface area contributed by atoms with Gasteiger partial charge in [0.05, 0.1) is 5.69 Å². The van der Waals surface area contributed by atoms with Crippen LogP contribution in [0.4, 0.5) is 5.69 Å². The van der Waals surface area contributed by atoms with Crippen LogP contribution in [-0.2, 0) is 10.5 Å². The average Bonchev–Trinajstić information content (AvgIpc) is 2.62. The smallest absolute Gasteiger partial charge is 0.279 e. The van der Waals surface area contributed by atoms with Crippen LogP contribution in [0.5, 0.6) is 0 Å². The summed E-state index contributed by atoms with van der Waals surface area (Å²) in [6.07, 6.45) is 2.17. The Labute approximate surface area is 127 Å². The standard InChI is InChI=1S/C15H19BrN2O2/c1-10-4-3-7-18(9-10)15(20)12-8-11(16)5-6-13(12)17(2)14(15)19/h5-6,8,10,20H,3-4,7,9H2,1-2H3/t10-,15-/m0/s1. The number of carbonyl (C=O) groups excluding carboxylic acids is 1. The summed E-state index contributed by atoms with van der Waals surface area (Å²) in [5.41, 5.74) is -0.0323. The molecule has 3 rings (SSSR count). The van der Waals surface area contributed by atoms with Crippen molar-refractivity contribution in [1.29, 1.82) is 0 Å². The van der Waals surface area contributed by atoms with Crippen molar-refractivity contribution in [2.24, 2.45) is 5.92 Å². The van der Waals surface area contributed by atoms with E-state index in [0.29, 0.717) is 11.5 Å². The summed E-state index contributed by atoms with van der Waals surface area (Å²) in [7, 11) is 1.72. The second-order valence-electron chi connectivity index (χ2n) is 5.89. The lowest BCUT2D eigenvalue weighted by molar-refractivity contribution is -0.165. The van der Waals surface area contributed by atoms with E-state index >= 15 is 0 Å². The van der Waals surface area contributed by atoms with E-state index in [1.165, 1.54) is 0 Å². The maximum absolute atomic E-state index is 12.6. The Morgan fingerprint density at radius 3 is 2.90 bits per heavy atom. The maximum atomic E-state index is 12.6. The van der Waals surface area contributed by atoms with Crippen LogP contribution in [0.3, 0.4) is 0 Å². The number of fused-ring (bicyclic) bond motifs is 1. The molecule has 0 bridgehead atoms. The number of carbonyl (C=O) groups is 1. The molecule has 2 atom stereocenters. The summed E-state index contributed by atoms with van der Waals surface area (Å²) in [4.78, 5) is 16.1. The highest BCUT2D eigenvalue weighted by molar-refractivity contribution is 9.10.